The number of nitrogens with zero attached hydrogens (tertiary/aromatic N) is 2. The molecule has 1 fully saturated rings. The molecule has 0 aromatic heterocycles. The molecule has 2 aliphatic heterocycles. The molecule has 0 aliphatic carbocycles. The summed E-state index contributed by atoms with van der Waals surface area (Å²) in [5.41, 5.74) is 3.48. The number of benzene rings is 2. The lowest BCUT2D eigenvalue weighted by atomic mass is 10.1. The lowest BCUT2D eigenvalue weighted by molar-refractivity contribution is 0.0792. The molecular weight excluding hydrogens is 414 g/mol. The molecule has 1 saturated heterocycles. The number of amides is 2. The second-order valence-corrected chi connectivity index (χ2v) is 10.2. The summed E-state index contributed by atoms with van der Waals surface area (Å²) in [6.07, 6.45) is 3.86. The van der Waals surface area contributed by atoms with E-state index in [-0.39, 0.29) is 17.9 Å². The summed E-state index contributed by atoms with van der Waals surface area (Å²) in [5, 5.41) is 2.90. The fourth-order valence-electron chi connectivity index (χ4n) is 4.45. The maximum Gasteiger partial charge on any atom is 0.253 e. The van der Waals surface area contributed by atoms with E-state index < -0.39 is 10.0 Å². The number of sulfonamides is 1. The van der Waals surface area contributed by atoms with Crippen molar-refractivity contribution >= 4 is 27.5 Å². The first-order valence-corrected chi connectivity index (χ1v) is 12.4. The minimum absolute atomic E-state index is 0.0360. The van der Waals surface area contributed by atoms with E-state index in [1.54, 1.807) is 24.3 Å². The Hall–Kier alpha value is -2.87. The van der Waals surface area contributed by atoms with Crippen LogP contribution in [0.15, 0.2) is 42.5 Å². The standard InChI is InChI=1S/C23H27N3O4S/c1-16-12-20-14-18(8-9-21(20)26(16)31(2,29)30)22(27)24-15-17-6-5-7-19(13-17)23(28)25-10-3-4-11-25/h5-9,13-14,16H,3-4,10-12,15H2,1-2H3,(H,24,27). The van der Waals surface area contributed by atoms with E-state index in [0.717, 1.165) is 37.1 Å². The van der Waals surface area contributed by atoms with Gasteiger partial charge in [-0.1, -0.05) is 12.1 Å². The van der Waals surface area contributed by atoms with Crippen molar-refractivity contribution in [3.63, 3.8) is 0 Å². The molecule has 2 heterocycles. The molecule has 4 rings (SSSR count). The van der Waals surface area contributed by atoms with Crippen LogP contribution in [0, 0.1) is 0 Å². The van der Waals surface area contributed by atoms with Crippen molar-refractivity contribution in [2.75, 3.05) is 23.7 Å². The average Bonchev–Trinajstić information content (AvgIpc) is 3.37. The second kappa shape index (κ2) is 8.34. The first-order chi connectivity index (χ1) is 14.7. The molecule has 2 aliphatic rings. The number of nitrogens with one attached hydrogen (secondary N) is 1. The van der Waals surface area contributed by atoms with Gasteiger partial charge in [-0.25, -0.2) is 8.42 Å². The van der Waals surface area contributed by atoms with Crippen molar-refractivity contribution in [3.8, 4) is 0 Å². The van der Waals surface area contributed by atoms with Crippen LogP contribution in [0.5, 0.6) is 0 Å². The first-order valence-electron chi connectivity index (χ1n) is 10.5. The zero-order valence-corrected chi connectivity index (χ0v) is 18.6. The third kappa shape index (κ3) is 4.44. The van der Waals surface area contributed by atoms with Gasteiger partial charge >= 0.3 is 0 Å². The monoisotopic (exact) mass is 441 g/mol. The van der Waals surface area contributed by atoms with Crippen molar-refractivity contribution in [1.82, 2.24) is 10.2 Å². The van der Waals surface area contributed by atoms with Gasteiger partial charge in [0.2, 0.25) is 10.0 Å². The molecule has 164 valence electrons. The largest absolute Gasteiger partial charge is 0.348 e. The Morgan fingerprint density at radius 2 is 1.81 bits per heavy atom. The highest BCUT2D eigenvalue weighted by atomic mass is 32.2. The molecule has 1 unspecified atom stereocenters. The fraction of sp³-hybridized carbons (Fsp3) is 0.391. The molecular formula is C23H27N3O4S. The molecule has 1 N–H and O–H groups in total. The minimum Gasteiger partial charge on any atom is -0.348 e. The molecule has 0 bridgehead atoms. The van der Waals surface area contributed by atoms with Crippen molar-refractivity contribution < 1.29 is 18.0 Å². The normalized spacial score (nSPS) is 18.2. The van der Waals surface area contributed by atoms with Crippen molar-refractivity contribution in [2.45, 2.75) is 38.8 Å². The quantitative estimate of drug-likeness (QED) is 0.773. The van der Waals surface area contributed by atoms with Gasteiger partial charge in [-0.05, 0) is 67.6 Å². The Balaban J connectivity index is 1.44. The van der Waals surface area contributed by atoms with E-state index in [1.165, 1.54) is 10.6 Å². The van der Waals surface area contributed by atoms with E-state index >= 15 is 0 Å². The molecule has 0 radical (unpaired) electrons. The van der Waals surface area contributed by atoms with Gasteiger partial charge in [0.1, 0.15) is 0 Å². The molecule has 31 heavy (non-hydrogen) atoms. The fourth-order valence-corrected chi connectivity index (χ4v) is 5.71. The molecule has 1 atom stereocenters. The van der Waals surface area contributed by atoms with Gasteiger partial charge in [0.25, 0.3) is 11.8 Å². The van der Waals surface area contributed by atoms with Crippen LogP contribution in [0.4, 0.5) is 5.69 Å². The SMILES string of the molecule is CC1Cc2cc(C(=O)NCc3cccc(C(=O)N4CCCC4)c3)ccc2N1S(C)(=O)=O. The Kier molecular flexibility index (Phi) is 5.75. The van der Waals surface area contributed by atoms with E-state index in [1.807, 2.05) is 30.0 Å². The van der Waals surface area contributed by atoms with Crippen LogP contribution in [0.2, 0.25) is 0 Å². The lowest BCUT2D eigenvalue weighted by Crippen LogP contribution is -2.34. The zero-order chi connectivity index (χ0) is 22.2. The number of anilines is 1. The highest BCUT2D eigenvalue weighted by Crippen LogP contribution is 2.34. The molecule has 8 heteroatoms. The number of rotatable bonds is 5. The summed E-state index contributed by atoms with van der Waals surface area (Å²) < 4.78 is 25.5. The molecule has 0 saturated carbocycles. The van der Waals surface area contributed by atoms with Gasteiger partial charge < -0.3 is 10.2 Å². The van der Waals surface area contributed by atoms with Gasteiger partial charge in [-0.2, -0.15) is 0 Å². The minimum atomic E-state index is -3.36. The van der Waals surface area contributed by atoms with Crippen LogP contribution >= 0.6 is 0 Å². The van der Waals surface area contributed by atoms with Crippen LogP contribution in [0.25, 0.3) is 0 Å². The summed E-state index contributed by atoms with van der Waals surface area (Å²) >= 11 is 0. The molecule has 2 amide bonds. The highest BCUT2D eigenvalue weighted by molar-refractivity contribution is 7.92. The third-order valence-corrected chi connectivity index (χ3v) is 7.14. The number of carbonyl (C=O) groups is 2. The van der Waals surface area contributed by atoms with Crippen LogP contribution in [-0.2, 0) is 23.0 Å². The Morgan fingerprint density at radius 1 is 1.06 bits per heavy atom. The zero-order valence-electron chi connectivity index (χ0n) is 17.8. The van der Waals surface area contributed by atoms with Gasteiger partial charge in [-0.15, -0.1) is 0 Å². The van der Waals surface area contributed by atoms with E-state index in [2.05, 4.69) is 5.32 Å². The number of hydrogen-bond donors (Lipinski definition) is 1. The average molecular weight is 442 g/mol. The maximum absolute atomic E-state index is 12.7. The highest BCUT2D eigenvalue weighted by Gasteiger charge is 2.32. The van der Waals surface area contributed by atoms with Crippen LogP contribution < -0.4 is 9.62 Å². The van der Waals surface area contributed by atoms with Crippen molar-refractivity contribution in [2.24, 2.45) is 0 Å². The van der Waals surface area contributed by atoms with E-state index in [4.69, 9.17) is 0 Å². The topological polar surface area (TPSA) is 86.8 Å². The summed E-state index contributed by atoms with van der Waals surface area (Å²) in [6.45, 7) is 3.77. The summed E-state index contributed by atoms with van der Waals surface area (Å²) in [6, 6.07) is 12.3. The lowest BCUT2D eigenvalue weighted by Gasteiger charge is -2.21. The van der Waals surface area contributed by atoms with Gasteiger partial charge in [0, 0.05) is 36.8 Å². The van der Waals surface area contributed by atoms with Gasteiger partial charge in [0.15, 0.2) is 0 Å². The summed E-state index contributed by atoms with van der Waals surface area (Å²) in [5.74, 6) is -0.196. The Bertz CT molecular complexity index is 1120. The number of hydrogen-bond acceptors (Lipinski definition) is 4. The molecule has 0 spiro atoms. The second-order valence-electron chi connectivity index (χ2n) is 8.34. The van der Waals surface area contributed by atoms with E-state index in [9.17, 15) is 18.0 Å². The number of carbonyl (C=O) groups excluding carboxylic acids is 2. The van der Waals surface area contributed by atoms with Crippen LogP contribution in [0.3, 0.4) is 0 Å². The smallest absolute Gasteiger partial charge is 0.253 e. The Labute approximate surface area is 183 Å². The number of fused-ring (bicyclic) bond motifs is 1. The third-order valence-electron chi connectivity index (χ3n) is 5.87. The number of likely N-dealkylation sites (tertiary alicyclic amines) is 1. The molecule has 2 aromatic carbocycles. The van der Waals surface area contributed by atoms with Crippen LogP contribution in [-0.4, -0.2) is 50.5 Å². The maximum atomic E-state index is 12.7. The summed E-state index contributed by atoms with van der Waals surface area (Å²) in [4.78, 5) is 27.1. The predicted molar refractivity (Wildman–Crippen MR) is 120 cm³/mol. The van der Waals surface area contributed by atoms with Crippen molar-refractivity contribution in [3.05, 3.63) is 64.7 Å². The predicted octanol–water partition coefficient (Wildman–Crippen LogP) is 2.56. The first kappa shape index (κ1) is 21.4. The summed E-state index contributed by atoms with van der Waals surface area (Å²) in [7, 11) is -3.36. The molecule has 7 nitrogen and oxygen atoms in total. The van der Waals surface area contributed by atoms with E-state index in [0.29, 0.717) is 29.8 Å². The van der Waals surface area contributed by atoms with Gasteiger partial charge in [-0.3, -0.25) is 13.9 Å². The van der Waals surface area contributed by atoms with Crippen molar-refractivity contribution in [1.29, 1.82) is 0 Å². The Morgan fingerprint density at radius 3 is 2.52 bits per heavy atom. The van der Waals surface area contributed by atoms with Crippen LogP contribution in [0.1, 0.15) is 51.6 Å². The molecule has 2 aromatic rings. The van der Waals surface area contributed by atoms with Gasteiger partial charge in [0.05, 0.1) is 11.9 Å².